The van der Waals surface area contributed by atoms with Crippen LogP contribution in [0.1, 0.15) is 11.3 Å². The van der Waals surface area contributed by atoms with Crippen molar-refractivity contribution in [2.45, 2.75) is 13.1 Å². The first-order chi connectivity index (χ1) is 9.69. The van der Waals surface area contributed by atoms with Gasteiger partial charge in [0.15, 0.2) is 0 Å². The molecule has 0 aliphatic heterocycles. The number of aryl methyl sites for hydroxylation is 1. The minimum absolute atomic E-state index is 0.206. The number of urea groups is 1. The molecule has 2 N–H and O–H groups in total. The highest BCUT2D eigenvalue weighted by Crippen LogP contribution is 2.10. The molecule has 0 saturated carbocycles. The summed E-state index contributed by atoms with van der Waals surface area (Å²) in [6, 6.07) is 9.22. The number of methoxy groups -OCH3 is 1. The van der Waals surface area contributed by atoms with Gasteiger partial charge in [-0.05, 0) is 23.8 Å². The minimum Gasteiger partial charge on any atom is -0.497 e. The van der Waals surface area contributed by atoms with E-state index in [1.54, 1.807) is 18.0 Å². The summed E-state index contributed by atoms with van der Waals surface area (Å²) in [7, 11) is 3.46. The Morgan fingerprint density at radius 1 is 1.20 bits per heavy atom. The van der Waals surface area contributed by atoms with Gasteiger partial charge in [0.1, 0.15) is 5.75 Å². The van der Waals surface area contributed by atoms with E-state index in [1.165, 1.54) is 0 Å². The number of benzene rings is 1. The predicted molar refractivity (Wildman–Crippen MR) is 75.3 cm³/mol. The quantitative estimate of drug-likeness (QED) is 0.866. The molecule has 0 aliphatic rings. The molecule has 0 aliphatic carbocycles. The molecule has 1 aromatic heterocycles. The predicted octanol–water partition coefficient (Wildman–Crippen LogP) is 1.43. The van der Waals surface area contributed by atoms with Gasteiger partial charge in [-0.2, -0.15) is 5.10 Å². The van der Waals surface area contributed by atoms with Gasteiger partial charge in [0, 0.05) is 19.8 Å². The molecule has 1 aromatic carbocycles. The lowest BCUT2D eigenvalue weighted by Gasteiger charge is -2.08. The molecule has 6 nitrogen and oxygen atoms in total. The Balaban J connectivity index is 1.75. The number of ether oxygens (including phenoxy) is 1. The summed E-state index contributed by atoms with van der Waals surface area (Å²) in [5.41, 5.74) is 1.96. The largest absolute Gasteiger partial charge is 0.497 e. The van der Waals surface area contributed by atoms with Gasteiger partial charge in [-0.3, -0.25) is 4.68 Å². The third-order valence-corrected chi connectivity index (χ3v) is 2.96. The van der Waals surface area contributed by atoms with E-state index in [4.69, 9.17) is 4.74 Å². The first kappa shape index (κ1) is 13.9. The van der Waals surface area contributed by atoms with Crippen LogP contribution in [0.3, 0.4) is 0 Å². The first-order valence-corrected chi connectivity index (χ1v) is 6.30. The Labute approximate surface area is 117 Å². The van der Waals surface area contributed by atoms with Crippen LogP contribution in [0.15, 0.2) is 36.5 Å². The summed E-state index contributed by atoms with van der Waals surface area (Å²) in [5, 5.41) is 9.62. The highest BCUT2D eigenvalue weighted by molar-refractivity contribution is 5.73. The summed E-state index contributed by atoms with van der Waals surface area (Å²) in [6.45, 7) is 0.923. The highest BCUT2D eigenvalue weighted by Gasteiger charge is 2.03. The van der Waals surface area contributed by atoms with Gasteiger partial charge in [-0.1, -0.05) is 12.1 Å². The molecule has 2 amide bonds. The highest BCUT2D eigenvalue weighted by atomic mass is 16.5. The molecule has 0 saturated heterocycles. The van der Waals surface area contributed by atoms with Crippen molar-refractivity contribution in [3.63, 3.8) is 0 Å². The zero-order valence-corrected chi connectivity index (χ0v) is 11.6. The van der Waals surface area contributed by atoms with Crippen LogP contribution in [0.4, 0.5) is 4.79 Å². The molecular weight excluding hydrogens is 256 g/mol. The average Bonchev–Trinajstić information content (AvgIpc) is 2.89. The molecule has 0 radical (unpaired) electrons. The number of nitrogens with zero attached hydrogens (tertiary/aromatic N) is 2. The number of aromatic nitrogens is 2. The molecule has 6 heteroatoms. The van der Waals surface area contributed by atoms with E-state index >= 15 is 0 Å². The molecule has 2 aromatic rings. The zero-order valence-electron chi connectivity index (χ0n) is 11.6. The van der Waals surface area contributed by atoms with Crippen molar-refractivity contribution in [1.29, 1.82) is 0 Å². The molecule has 0 spiro atoms. The maximum atomic E-state index is 11.7. The van der Waals surface area contributed by atoms with Gasteiger partial charge >= 0.3 is 6.03 Å². The van der Waals surface area contributed by atoms with E-state index in [1.807, 2.05) is 37.4 Å². The molecule has 20 heavy (non-hydrogen) atoms. The fraction of sp³-hybridized carbons (Fsp3) is 0.286. The number of hydrogen-bond donors (Lipinski definition) is 2. The summed E-state index contributed by atoms with van der Waals surface area (Å²) >= 11 is 0. The van der Waals surface area contributed by atoms with Crippen molar-refractivity contribution in [3.8, 4) is 5.75 Å². The summed E-state index contributed by atoms with van der Waals surface area (Å²) in [4.78, 5) is 11.7. The van der Waals surface area contributed by atoms with Crippen molar-refractivity contribution < 1.29 is 9.53 Å². The van der Waals surface area contributed by atoms with Crippen LogP contribution in [-0.4, -0.2) is 22.9 Å². The van der Waals surface area contributed by atoms with Crippen LogP contribution in [0.25, 0.3) is 0 Å². The number of carbonyl (C=O) groups is 1. The number of nitrogens with one attached hydrogen (secondary N) is 2. The fourth-order valence-electron chi connectivity index (χ4n) is 1.73. The van der Waals surface area contributed by atoms with Gasteiger partial charge in [0.25, 0.3) is 0 Å². The van der Waals surface area contributed by atoms with Crippen molar-refractivity contribution in [2.24, 2.45) is 7.05 Å². The Morgan fingerprint density at radius 3 is 2.50 bits per heavy atom. The van der Waals surface area contributed by atoms with Gasteiger partial charge in [-0.15, -0.1) is 0 Å². The molecule has 106 valence electrons. The molecule has 2 rings (SSSR count). The summed E-state index contributed by atoms with van der Waals surface area (Å²) in [5.74, 6) is 0.800. The van der Waals surface area contributed by atoms with E-state index in [2.05, 4.69) is 15.7 Å². The van der Waals surface area contributed by atoms with Crippen LogP contribution in [-0.2, 0) is 20.1 Å². The third kappa shape index (κ3) is 3.74. The van der Waals surface area contributed by atoms with Crippen LogP contribution >= 0.6 is 0 Å². The second-order valence-electron chi connectivity index (χ2n) is 4.33. The molecule has 0 bridgehead atoms. The number of amides is 2. The number of carbonyl (C=O) groups excluding carboxylic acids is 1. The van der Waals surface area contributed by atoms with Crippen LogP contribution in [0.5, 0.6) is 5.75 Å². The van der Waals surface area contributed by atoms with Crippen LogP contribution in [0, 0.1) is 0 Å². The van der Waals surface area contributed by atoms with Crippen molar-refractivity contribution in [3.05, 3.63) is 47.8 Å². The van der Waals surface area contributed by atoms with E-state index in [0.717, 1.165) is 17.0 Å². The molecule has 0 atom stereocenters. The summed E-state index contributed by atoms with van der Waals surface area (Å²) < 4.78 is 6.80. The lowest BCUT2D eigenvalue weighted by molar-refractivity contribution is 0.240. The van der Waals surface area contributed by atoms with Crippen molar-refractivity contribution in [1.82, 2.24) is 20.4 Å². The third-order valence-electron chi connectivity index (χ3n) is 2.96. The van der Waals surface area contributed by atoms with E-state index in [-0.39, 0.29) is 6.03 Å². The summed E-state index contributed by atoms with van der Waals surface area (Å²) in [6.07, 6.45) is 1.70. The van der Waals surface area contributed by atoms with Gasteiger partial charge in [-0.25, -0.2) is 4.79 Å². The maximum Gasteiger partial charge on any atom is 0.315 e. The van der Waals surface area contributed by atoms with Gasteiger partial charge < -0.3 is 15.4 Å². The minimum atomic E-state index is -0.206. The van der Waals surface area contributed by atoms with Crippen LogP contribution in [0.2, 0.25) is 0 Å². The Kier molecular flexibility index (Phi) is 4.60. The van der Waals surface area contributed by atoms with E-state index in [9.17, 15) is 4.79 Å². The lowest BCUT2D eigenvalue weighted by atomic mass is 10.2. The van der Waals surface area contributed by atoms with Gasteiger partial charge in [0.2, 0.25) is 0 Å². The smallest absolute Gasteiger partial charge is 0.315 e. The molecule has 0 fully saturated rings. The fourth-order valence-corrected chi connectivity index (χ4v) is 1.73. The molecule has 0 unspecified atom stereocenters. The first-order valence-electron chi connectivity index (χ1n) is 6.30. The number of rotatable bonds is 5. The second-order valence-corrected chi connectivity index (χ2v) is 4.33. The lowest BCUT2D eigenvalue weighted by Crippen LogP contribution is -2.35. The normalized spacial score (nSPS) is 10.1. The standard InChI is InChI=1S/C14H18N4O2/c1-18-12(7-8-17-18)10-16-14(19)15-9-11-3-5-13(20-2)6-4-11/h3-8H,9-10H2,1-2H3,(H2,15,16,19). The second kappa shape index (κ2) is 6.60. The molecular formula is C14H18N4O2. The van der Waals surface area contributed by atoms with E-state index in [0.29, 0.717) is 13.1 Å². The SMILES string of the molecule is COc1ccc(CNC(=O)NCc2ccnn2C)cc1. The monoisotopic (exact) mass is 274 g/mol. The Morgan fingerprint density at radius 2 is 1.90 bits per heavy atom. The van der Waals surface area contributed by atoms with Crippen molar-refractivity contribution >= 4 is 6.03 Å². The maximum absolute atomic E-state index is 11.7. The van der Waals surface area contributed by atoms with Gasteiger partial charge in [0.05, 0.1) is 19.3 Å². The Bertz CT molecular complexity index is 563. The van der Waals surface area contributed by atoms with E-state index < -0.39 is 0 Å². The van der Waals surface area contributed by atoms with Crippen molar-refractivity contribution in [2.75, 3.05) is 7.11 Å². The Hall–Kier alpha value is -2.50. The zero-order chi connectivity index (χ0) is 14.4. The average molecular weight is 274 g/mol. The van der Waals surface area contributed by atoms with Crippen LogP contribution < -0.4 is 15.4 Å². The number of hydrogen-bond acceptors (Lipinski definition) is 3. The topological polar surface area (TPSA) is 68.2 Å². The molecule has 1 heterocycles.